The Bertz CT molecular complexity index is 1150. The summed E-state index contributed by atoms with van der Waals surface area (Å²) in [6.07, 6.45) is 3.01. The third kappa shape index (κ3) is 4.49. The zero-order valence-electron chi connectivity index (χ0n) is 18.9. The second kappa shape index (κ2) is 9.10. The standard InChI is InChI=1S/C28H29N3O2/c1-2-19-7-5-6-10-26(19)29-23-11-13-24(14-12-23)30-28(33)22-17-27(32)31(18-22)25-15-20-8-3-4-9-21(20)16-25/h3-14,22,25,29H,2,15-18H2,1H3,(H,30,33). The Hall–Kier alpha value is -3.60. The van der Waals surface area contributed by atoms with Gasteiger partial charge in [0.2, 0.25) is 11.8 Å². The number of aryl methyl sites for hydroxylation is 1. The van der Waals surface area contributed by atoms with E-state index in [9.17, 15) is 9.59 Å². The van der Waals surface area contributed by atoms with Gasteiger partial charge in [0.15, 0.2) is 0 Å². The molecule has 1 fully saturated rings. The Kier molecular flexibility index (Phi) is 5.86. The first-order valence-electron chi connectivity index (χ1n) is 11.7. The Balaban J connectivity index is 1.18. The van der Waals surface area contributed by atoms with Gasteiger partial charge in [-0.2, -0.15) is 0 Å². The van der Waals surface area contributed by atoms with Crippen molar-refractivity contribution in [2.45, 2.75) is 38.6 Å². The summed E-state index contributed by atoms with van der Waals surface area (Å²) in [6, 6.07) is 24.5. The molecule has 5 nitrogen and oxygen atoms in total. The Morgan fingerprint density at radius 1 is 0.879 bits per heavy atom. The third-order valence-corrected chi connectivity index (χ3v) is 6.83. The van der Waals surface area contributed by atoms with Crippen LogP contribution in [0.1, 0.15) is 30.0 Å². The van der Waals surface area contributed by atoms with Gasteiger partial charge in [0.05, 0.1) is 5.92 Å². The van der Waals surface area contributed by atoms with E-state index in [4.69, 9.17) is 0 Å². The van der Waals surface area contributed by atoms with Crippen molar-refractivity contribution in [2.75, 3.05) is 17.2 Å². The second-order valence-electron chi connectivity index (χ2n) is 8.98. The molecule has 1 unspecified atom stereocenters. The van der Waals surface area contributed by atoms with E-state index in [1.165, 1.54) is 16.7 Å². The molecule has 1 aliphatic heterocycles. The van der Waals surface area contributed by atoms with E-state index in [2.05, 4.69) is 41.8 Å². The number of carbonyl (C=O) groups is 2. The molecule has 1 saturated heterocycles. The lowest BCUT2D eigenvalue weighted by Gasteiger charge is -2.24. The van der Waals surface area contributed by atoms with Crippen LogP contribution in [0.2, 0.25) is 0 Å². The van der Waals surface area contributed by atoms with Crippen LogP contribution in [0.5, 0.6) is 0 Å². The molecule has 5 heteroatoms. The van der Waals surface area contributed by atoms with Crippen LogP contribution < -0.4 is 10.6 Å². The Morgan fingerprint density at radius 3 is 2.21 bits per heavy atom. The predicted octanol–water partition coefficient (Wildman–Crippen LogP) is 4.95. The number of fused-ring (bicyclic) bond motifs is 1. The highest BCUT2D eigenvalue weighted by Gasteiger charge is 2.39. The van der Waals surface area contributed by atoms with Crippen LogP contribution in [0.25, 0.3) is 0 Å². The van der Waals surface area contributed by atoms with Gasteiger partial charge in [-0.25, -0.2) is 0 Å². The first kappa shape index (κ1) is 21.3. The van der Waals surface area contributed by atoms with Crippen molar-refractivity contribution in [1.29, 1.82) is 0 Å². The van der Waals surface area contributed by atoms with Crippen LogP contribution in [-0.2, 0) is 28.9 Å². The number of benzene rings is 3. The van der Waals surface area contributed by atoms with Gasteiger partial charge in [0.1, 0.15) is 0 Å². The molecule has 5 rings (SSSR count). The predicted molar refractivity (Wildman–Crippen MR) is 132 cm³/mol. The molecule has 33 heavy (non-hydrogen) atoms. The molecule has 1 aliphatic carbocycles. The van der Waals surface area contributed by atoms with Gasteiger partial charge in [-0.3, -0.25) is 9.59 Å². The number of nitrogens with one attached hydrogen (secondary N) is 2. The molecule has 168 valence electrons. The molecule has 0 spiro atoms. The molecule has 0 saturated carbocycles. The second-order valence-corrected chi connectivity index (χ2v) is 8.98. The number of amides is 2. The molecular formula is C28H29N3O2. The molecule has 1 atom stereocenters. The van der Waals surface area contributed by atoms with E-state index in [0.717, 1.165) is 36.3 Å². The molecule has 1 heterocycles. The highest BCUT2D eigenvalue weighted by Crippen LogP contribution is 2.30. The summed E-state index contributed by atoms with van der Waals surface area (Å²) in [7, 11) is 0. The van der Waals surface area contributed by atoms with E-state index in [-0.39, 0.29) is 30.2 Å². The number of nitrogens with zero attached hydrogens (tertiary/aromatic N) is 1. The van der Waals surface area contributed by atoms with Gasteiger partial charge in [0, 0.05) is 36.1 Å². The fourth-order valence-electron chi connectivity index (χ4n) is 5.00. The first-order chi connectivity index (χ1) is 16.1. The normalized spacial score (nSPS) is 17.8. The van der Waals surface area contributed by atoms with Crippen molar-refractivity contribution in [1.82, 2.24) is 4.90 Å². The van der Waals surface area contributed by atoms with Crippen LogP contribution in [0.4, 0.5) is 17.1 Å². The fourth-order valence-corrected chi connectivity index (χ4v) is 5.00. The molecule has 0 aromatic heterocycles. The van der Waals surface area contributed by atoms with E-state index >= 15 is 0 Å². The van der Waals surface area contributed by atoms with Gasteiger partial charge < -0.3 is 15.5 Å². The summed E-state index contributed by atoms with van der Waals surface area (Å²) in [5.41, 5.74) is 6.70. The van der Waals surface area contributed by atoms with Gasteiger partial charge in [-0.15, -0.1) is 0 Å². The molecule has 0 radical (unpaired) electrons. The van der Waals surface area contributed by atoms with E-state index in [1.54, 1.807) is 0 Å². The first-order valence-corrected chi connectivity index (χ1v) is 11.7. The quantitative estimate of drug-likeness (QED) is 0.571. The lowest BCUT2D eigenvalue weighted by atomic mass is 10.1. The molecule has 0 bridgehead atoms. The Morgan fingerprint density at radius 2 is 1.52 bits per heavy atom. The van der Waals surface area contributed by atoms with Crippen molar-refractivity contribution in [2.24, 2.45) is 5.92 Å². The maximum Gasteiger partial charge on any atom is 0.229 e. The number of carbonyl (C=O) groups excluding carboxylic acids is 2. The minimum absolute atomic E-state index is 0.0848. The number of likely N-dealkylation sites (tertiary alicyclic amines) is 1. The minimum atomic E-state index is -0.310. The zero-order valence-corrected chi connectivity index (χ0v) is 18.9. The number of hydrogen-bond acceptors (Lipinski definition) is 3. The van der Waals surface area contributed by atoms with Crippen LogP contribution in [-0.4, -0.2) is 29.3 Å². The van der Waals surface area contributed by atoms with Crippen LogP contribution in [0.3, 0.4) is 0 Å². The van der Waals surface area contributed by atoms with Crippen molar-refractivity contribution in [3.05, 3.63) is 89.5 Å². The van der Waals surface area contributed by atoms with Gasteiger partial charge in [-0.1, -0.05) is 49.4 Å². The number of para-hydroxylation sites is 1. The van der Waals surface area contributed by atoms with Gasteiger partial charge in [0.25, 0.3) is 0 Å². The topological polar surface area (TPSA) is 61.4 Å². The Labute approximate surface area is 194 Å². The highest BCUT2D eigenvalue weighted by molar-refractivity contribution is 5.97. The largest absolute Gasteiger partial charge is 0.355 e. The minimum Gasteiger partial charge on any atom is -0.355 e. The van der Waals surface area contributed by atoms with E-state index < -0.39 is 0 Å². The van der Waals surface area contributed by atoms with Crippen molar-refractivity contribution < 1.29 is 9.59 Å². The molecule has 2 N–H and O–H groups in total. The van der Waals surface area contributed by atoms with Crippen molar-refractivity contribution in [3.63, 3.8) is 0 Å². The molecular weight excluding hydrogens is 410 g/mol. The van der Waals surface area contributed by atoms with Crippen LogP contribution in [0.15, 0.2) is 72.8 Å². The van der Waals surface area contributed by atoms with Crippen LogP contribution in [0, 0.1) is 5.92 Å². The maximum atomic E-state index is 12.9. The SMILES string of the molecule is CCc1ccccc1Nc1ccc(NC(=O)C2CC(=O)N(C3Cc4ccccc4C3)C2)cc1. The summed E-state index contributed by atoms with van der Waals surface area (Å²) in [6.45, 7) is 2.64. The van der Waals surface area contributed by atoms with E-state index in [0.29, 0.717) is 6.54 Å². The summed E-state index contributed by atoms with van der Waals surface area (Å²) in [5, 5.41) is 6.45. The number of rotatable bonds is 6. The zero-order chi connectivity index (χ0) is 22.8. The summed E-state index contributed by atoms with van der Waals surface area (Å²) in [4.78, 5) is 27.5. The monoisotopic (exact) mass is 439 g/mol. The maximum absolute atomic E-state index is 12.9. The van der Waals surface area contributed by atoms with Crippen molar-refractivity contribution >= 4 is 28.9 Å². The summed E-state index contributed by atoms with van der Waals surface area (Å²) < 4.78 is 0. The number of hydrogen-bond donors (Lipinski definition) is 2. The average Bonchev–Trinajstić information content (AvgIpc) is 3.44. The summed E-state index contributed by atoms with van der Waals surface area (Å²) >= 11 is 0. The van der Waals surface area contributed by atoms with E-state index in [1.807, 2.05) is 53.4 Å². The van der Waals surface area contributed by atoms with Crippen molar-refractivity contribution in [3.8, 4) is 0 Å². The fraction of sp³-hybridized carbons (Fsp3) is 0.286. The molecule has 3 aromatic rings. The molecule has 2 aliphatic rings. The molecule has 2 amide bonds. The number of anilines is 3. The average molecular weight is 440 g/mol. The summed E-state index contributed by atoms with van der Waals surface area (Å²) in [5.74, 6) is -0.309. The lowest BCUT2D eigenvalue weighted by Crippen LogP contribution is -2.38. The molecule has 3 aromatic carbocycles. The van der Waals surface area contributed by atoms with Gasteiger partial charge in [-0.05, 0) is 66.3 Å². The van der Waals surface area contributed by atoms with Gasteiger partial charge >= 0.3 is 0 Å². The third-order valence-electron chi connectivity index (χ3n) is 6.83. The smallest absolute Gasteiger partial charge is 0.229 e. The lowest BCUT2D eigenvalue weighted by molar-refractivity contribution is -0.129. The highest BCUT2D eigenvalue weighted by atomic mass is 16.2. The van der Waals surface area contributed by atoms with Crippen LogP contribution >= 0.6 is 0 Å².